The second kappa shape index (κ2) is 7.74. The molecule has 0 unspecified atom stereocenters. The summed E-state index contributed by atoms with van der Waals surface area (Å²) in [7, 11) is 0. The molecule has 2 aliphatic rings. The van der Waals surface area contributed by atoms with Crippen LogP contribution in [0.4, 0.5) is 0 Å². The zero-order valence-electron chi connectivity index (χ0n) is 10.5. The van der Waals surface area contributed by atoms with Crippen molar-refractivity contribution in [1.29, 1.82) is 0 Å². The van der Waals surface area contributed by atoms with Crippen molar-refractivity contribution >= 4 is 0 Å². The molecule has 0 heterocycles. The van der Waals surface area contributed by atoms with Gasteiger partial charge in [0.15, 0.2) is 0 Å². The van der Waals surface area contributed by atoms with Crippen molar-refractivity contribution in [3.8, 4) is 0 Å². The summed E-state index contributed by atoms with van der Waals surface area (Å²) in [5.41, 5.74) is 0. The van der Waals surface area contributed by atoms with Gasteiger partial charge in [-0.1, -0.05) is 0 Å². The molecule has 2 rings (SSSR count). The second-order valence-electron chi connectivity index (χ2n) is 4.53. The molecule has 0 saturated carbocycles. The van der Waals surface area contributed by atoms with Gasteiger partial charge in [-0.2, -0.15) is 0 Å². The van der Waals surface area contributed by atoms with E-state index >= 15 is 0 Å². The summed E-state index contributed by atoms with van der Waals surface area (Å²) in [4.78, 5) is 0. The summed E-state index contributed by atoms with van der Waals surface area (Å²) in [6.07, 6.45) is 24.3. The first kappa shape index (κ1) is 12.9. The molecule has 0 aliphatic heterocycles. The molecular formula is C16H22Fe. The molecule has 0 N–H and O–H groups in total. The Kier molecular flexibility index (Phi) is 5.88. The molecule has 0 aromatic carbocycles. The number of allylic oxidation sites excluding steroid dienone is 8. The summed E-state index contributed by atoms with van der Waals surface area (Å²) in [6, 6.07) is 0. The first-order chi connectivity index (χ1) is 8.45. The van der Waals surface area contributed by atoms with Crippen LogP contribution in [0.2, 0.25) is 0 Å². The van der Waals surface area contributed by atoms with E-state index in [1.54, 1.807) is 8.94 Å². The molecule has 0 saturated heterocycles. The van der Waals surface area contributed by atoms with Crippen LogP contribution in [0.25, 0.3) is 0 Å². The summed E-state index contributed by atoms with van der Waals surface area (Å²) in [5, 5.41) is 0. The Labute approximate surface area is 112 Å². The minimum absolute atomic E-state index is 1.23. The predicted octanol–water partition coefficient (Wildman–Crippen LogP) is 5.10. The third-order valence-electron chi connectivity index (χ3n) is 3.04. The number of hydrogen-bond donors (Lipinski definition) is 0. The fraction of sp³-hybridized carbons (Fsp3) is 0.500. The SMILES string of the molecule is C1=CCC[C]([Fe][C]2=CCCC=CCC2)=CCC1. The molecule has 1 heteroatoms. The Balaban J connectivity index is 1.89. The van der Waals surface area contributed by atoms with Crippen LogP contribution in [0.3, 0.4) is 0 Å². The van der Waals surface area contributed by atoms with Gasteiger partial charge in [-0.25, -0.2) is 0 Å². The molecule has 0 radical (unpaired) electrons. The van der Waals surface area contributed by atoms with Gasteiger partial charge in [0, 0.05) is 0 Å². The third kappa shape index (κ3) is 5.10. The Bertz CT molecular complexity index is 311. The summed E-state index contributed by atoms with van der Waals surface area (Å²) < 4.78 is 3.34. The van der Waals surface area contributed by atoms with Crippen LogP contribution in [0, 0.1) is 0 Å². The molecule has 0 aromatic heterocycles. The Hall–Kier alpha value is -0.521. The number of hydrogen-bond acceptors (Lipinski definition) is 0. The molecule has 94 valence electrons. The first-order valence-electron chi connectivity index (χ1n) is 6.75. The normalized spacial score (nSPS) is 22.1. The van der Waals surface area contributed by atoms with Gasteiger partial charge in [-0.05, 0) is 0 Å². The third-order valence-corrected chi connectivity index (χ3v) is 4.75. The van der Waals surface area contributed by atoms with Gasteiger partial charge < -0.3 is 0 Å². The van der Waals surface area contributed by atoms with Crippen LogP contribution in [0.5, 0.6) is 0 Å². The quantitative estimate of drug-likeness (QED) is 0.484. The fourth-order valence-corrected chi connectivity index (χ4v) is 3.68. The van der Waals surface area contributed by atoms with Gasteiger partial charge in [0.1, 0.15) is 0 Å². The van der Waals surface area contributed by atoms with Crippen LogP contribution >= 0.6 is 0 Å². The van der Waals surface area contributed by atoms with Gasteiger partial charge in [0.05, 0.1) is 0 Å². The van der Waals surface area contributed by atoms with Crippen LogP contribution in [-0.2, 0) is 15.0 Å². The van der Waals surface area contributed by atoms with Crippen molar-refractivity contribution in [1.82, 2.24) is 0 Å². The Morgan fingerprint density at radius 3 is 1.59 bits per heavy atom. The van der Waals surface area contributed by atoms with Crippen molar-refractivity contribution in [2.75, 3.05) is 0 Å². The molecule has 0 amide bonds. The molecule has 0 spiro atoms. The van der Waals surface area contributed by atoms with Gasteiger partial charge >= 0.3 is 112 Å². The molecule has 2 aliphatic carbocycles. The minimum atomic E-state index is 1.23. The molecule has 17 heavy (non-hydrogen) atoms. The van der Waals surface area contributed by atoms with E-state index in [2.05, 4.69) is 36.5 Å². The van der Waals surface area contributed by atoms with Crippen molar-refractivity contribution < 1.29 is 15.0 Å². The van der Waals surface area contributed by atoms with Crippen molar-refractivity contribution in [2.24, 2.45) is 0 Å². The van der Waals surface area contributed by atoms with E-state index in [9.17, 15) is 0 Å². The standard InChI is InChI=1S/2C8H11.Fe/c2*1-2-4-6-8-7-5-3-1;/h2*1-2,7H,3-6H2;. The maximum absolute atomic E-state index is 2.49. The first-order valence-corrected chi connectivity index (χ1v) is 7.86. The van der Waals surface area contributed by atoms with E-state index < -0.39 is 0 Å². The van der Waals surface area contributed by atoms with Crippen LogP contribution < -0.4 is 0 Å². The average Bonchev–Trinajstić information content (AvgIpc) is 2.24. The van der Waals surface area contributed by atoms with Crippen LogP contribution in [0.15, 0.2) is 45.4 Å². The van der Waals surface area contributed by atoms with E-state index in [-0.39, 0.29) is 0 Å². The topological polar surface area (TPSA) is 0 Å². The van der Waals surface area contributed by atoms with Gasteiger partial charge in [-0.15, -0.1) is 0 Å². The van der Waals surface area contributed by atoms with E-state index in [0.29, 0.717) is 0 Å². The molecule has 0 nitrogen and oxygen atoms in total. The Morgan fingerprint density at radius 2 is 1.06 bits per heavy atom. The Morgan fingerprint density at radius 1 is 0.588 bits per heavy atom. The van der Waals surface area contributed by atoms with Crippen molar-refractivity contribution in [2.45, 2.75) is 51.4 Å². The van der Waals surface area contributed by atoms with E-state index in [0.717, 1.165) is 0 Å². The van der Waals surface area contributed by atoms with Crippen LogP contribution in [0.1, 0.15) is 51.4 Å². The maximum atomic E-state index is 2.49. The van der Waals surface area contributed by atoms with Crippen molar-refractivity contribution in [3.63, 3.8) is 0 Å². The monoisotopic (exact) mass is 270 g/mol. The summed E-state index contributed by atoms with van der Waals surface area (Å²) in [5.74, 6) is 0. The zero-order valence-corrected chi connectivity index (χ0v) is 11.6. The van der Waals surface area contributed by atoms with E-state index in [1.165, 1.54) is 66.3 Å². The zero-order chi connectivity index (χ0) is 11.8. The number of rotatable bonds is 2. The molecule has 0 atom stereocenters. The average molecular weight is 270 g/mol. The molecule has 0 fully saturated rings. The van der Waals surface area contributed by atoms with E-state index in [1.807, 2.05) is 0 Å². The summed E-state index contributed by atoms with van der Waals surface area (Å²) >= 11 is 1.24. The van der Waals surface area contributed by atoms with E-state index in [4.69, 9.17) is 0 Å². The molecular weight excluding hydrogens is 248 g/mol. The second-order valence-corrected chi connectivity index (χ2v) is 6.23. The molecule has 0 bridgehead atoms. The predicted molar refractivity (Wildman–Crippen MR) is 71.4 cm³/mol. The van der Waals surface area contributed by atoms with Crippen LogP contribution in [-0.4, -0.2) is 0 Å². The van der Waals surface area contributed by atoms with Gasteiger partial charge in [-0.3, -0.25) is 0 Å². The molecule has 0 aromatic rings. The van der Waals surface area contributed by atoms with Crippen molar-refractivity contribution in [3.05, 3.63) is 45.4 Å². The summed E-state index contributed by atoms with van der Waals surface area (Å²) in [6.45, 7) is 0. The van der Waals surface area contributed by atoms with Gasteiger partial charge in [0.25, 0.3) is 0 Å². The fourth-order valence-electron chi connectivity index (χ4n) is 2.08. The van der Waals surface area contributed by atoms with Gasteiger partial charge in [0.2, 0.25) is 0 Å².